The predicted octanol–water partition coefficient (Wildman–Crippen LogP) is 4.35. The van der Waals surface area contributed by atoms with Gasteiger partial charge in [0.1, 0.15) is 0 Å². The number of nitrogens with two attached hydrogens (primary N) is 1. The number of rotatable bonds is 2. The van der Waals surface area contributed by atoms with E-state index in [9.17, 15) is 4.79 Å². The Bertz CT molecular complexity index is 641. The number of carbonyl (C=O) groups excluding carboxylic acids is 1. The number of nitrogens with one attached hydrogen (secondary N) is 1. The number of aryl methyl sites for hydroxylation is 1. The first-order valence-corrected chi connectivity index (χ1v) is 7.18. The summed E-state index contributed by atoms with van der Waals surface area (Å²) in [5.74, 6) is -0.169. The van der Waals surface area contributed by atoms with Crippen molar-refractivity contribution in [2.45, 2.75) is 6.92 Å². The molecule has 0 fully saturated rings. The molecule has 0 bridgehead atoms. The van der Waals surface area contributed by atoms with Gasteiger partial charge in [0.05, 0.1) is 11.3 Å². The van der Waals surface area contributed by atoms with Crippen LogP contribution < -0.4 is 11.1 Å². The molecule has 0 radical (unpaired) electrons. The van der Waals surface area contributed by atoms with E-state index in [1.165, 1.54) is 0 Å². The van der Waals surface area contributed by atoms with Gasteiger partial charge < -0.3 is 11.1 Å². The third-order valence-electron chi connectivity index (χ3n) is 2.61. The highest BCUT2D eigenvalue weighted by Gasteiger charge is 2.11. The van der Waals surface area contributed by atoms with Crippen molar-refractivity contribution in [3.8, 4) is 0 Å². The van der Waals surface area contributed by atoms with Crippen LogP contribution in [0.5, 0.6) is 0 Å². The fraction of sp³-hybridized carbons (Fsp3) is 0.0714. The van der Waals surface area contributed by atoms with Gasteiger partial charge >= 0.3 is 0 Å². The predicted molar refractivity (Wildman–Crippen MR) is 85.4 cm³/mol. The Morgan fingerprint density at radius 1 is 1.11 bits per heavy atom. The van der Waals surface area contributed by atoms with Crippen molar-refractivity contribution in [1.82, 2.24) is 0 Å². The van der Waals surface area contributed by atoms with E-state index in [0.717, 1.165) is 14.5 Å². The molecule has 19 heavy (non-hydrogen) atoms. The summed E-state index contributed by atoms with van der Waals surface area (Å²) in [4.78, 5) is 12.2. The first-order chi connectivity index (χ1) is 8.97. The molecule has 98 valence electrons. The fourth-order valence-corrected chi connectivity index (χ4v) is 2.80. The molecule has 0 aliphatic rings. The summed E-state index contributed by atoms with van der Waals surface area (Å²) in [5, 5.41) is 2.84. The van der Waals surface area contributed by atoms with Gasteiger partial charge in [-0.25, -0.2) is 0 Å². The van der Waals surface area contributed by atoms with E-state index in [4.69, 9.17) is 5.73 Å². The standard InChI is InChI=1S/C14H12Br2N2O/c1-8-2-4-10(11(15)6-8)14(19)18-13-5-3-9(17)7-12(13)16/h2-7H,17H2,1H3,(H,18,19). The molecule has 1 amide bonds. The number of hydrogen-bond acceptors (Lipinski definition) is 2. The van der Waals surface area contributed by atoms with Crippen molar-refractivity contribution in [3.63, 3.8) is 0 Å². The zero-order valence-electron chi connectivity index (χ0n) is 10.2. The minimum Gasteiger partial charge on any atom is -0.399 e. The van der Waals surface area contributed by atoms with E-state index in [1.807, 2.05) is 19.1 Å². The Hall–Kier alpha value is -1.33. The molecule has 3 N–H and O–H groups in total. The van der Waals surface area contributed by atoms with Crippen LogP contribution >= 0.6 is 31.9 Å². The van der Waals surface area contributed by atoms with Crippen LogP contribution in [0, 0.1) is 6.92 Å². The van der Waals surface area contributed by atoms with Crippen molar-refractivity contribution in [2.24, 2.45) is 0 Å². The Morgan fingerprint density at radius 3 is 2.47 bits per heavy atom. The maximum absolute atomic E-state index is 12.2. The Morgan fingerprint density at radius 2 is 1.84 bits per heavy atom. The monoisotopic (exact) mass is 382 g/mol. The molecule has 2 rings (SSSR count). The second-order valence-electron chi connectivity index (χ2n) is 4.18. The summed E-state index contributed by atoms with van der Waals surface area (Å²) >= 11 is 6.77. The van der Waals surface area contributed by atoms with E-state index >= 15 is 0 Å². The number of benzene rings is 2. The van der Waals surface area contributed by atoms with E-state index in [2.05, 4.69) is 37.2 Å². The van der Waals surface area contributed by atoms with Crippen LogP contribution in [-0.4, -0.2) is 5.91 Å². The molecule has 0 aromatic heterocycles. The largest absolute Gasteiger partial charge is 0.399 e. The van der Waals surface area contributed by atoms with Gasteiger partial charge in [-0.15, -0.1) is 0 Å². The Labute approximate surface area is 128 Å². The molecule has 0 unspecified atom stereocenters. The molecule has 0 spiro atoms. The Balaban J connectivity index is 2.25. The van der Waals surface area contributed by atoms with Crippen LogP contribution in [0.4, 0.5) is 11.4 Å². The molecule has 3 nitrogen and oxygen atoms in total. The zero-order valence-corrected chi connectivity index (χ0v) is 13.4. The molecule has 0 atom stereocenters. The molecule has 2 aromatic carbocycles. The number of anilines is 2. The lowest BCUT2D eigenvalue weighted by atomic mass is 10.1. The maximum atomic E-state index is 12.2. The minimum absolute atomic E-state index is 0.169. The third kappa shape index (κ3) is 3.36. The average molecular weight is 384 g/mol. The molecule has 5 heteroatoms. The van der Waals surface area contributed by atoms with Crippen LogP contribution in [0.1, 0.15) is 15.9 Å². The van der Waals surface area contributed by atoms with Gasteiger partial charge in [-0.05, 0) is 74.7 Å². The van der Waals surface area contributed by atoms with Gasteiger partial charge in [-0.1, -0.05) is 6.07 Å². The van der Waals surface area contributed by atoms with Gasteiger partial charge in [-0.3, -0.25) is 4.79 Å². The van der Waals surface area contributed by atoms with Crippen LogP contribution in [0.2, 0.25) is 0 Å². The van der Waals surface area contributed by atoms with E-state index < -0.39 is 0 Å². The molecular formula is C14H12Br2N2O. The van der Waals surface area contributed by atoms with Gasteiger partial charge in [0.15, 0.2) is 0 Å². The number of carbonyl (C=O) groups is 1. The van der Waals surface area contributed by atoms with Crippen LogP contribution in [0.15, 0.2) is 45.3 Å². The summed E-state index contributed by atoms with van der Waals surface area (Å²) in [6, 6.07) is 10.9. The lowest BCUT2D eigenvalue weighted by Crippen LogP contribution is -2.13. The number of nitrogen functional groups attached to an aromatic ring is 1. The number of hydrogen-bond donors (Lipinski definition) is 2. The van der Waals surface area contributed by atoms with E-state index in [-0.39, 0.29) is 5.91 Å². The first-order valence-electron chi connectivity index (χ1n) is 5.60. The maximum Gasteiger partial charge on any atom is 0.256 e. The highest BCUT2D eigenvalue weighted by molar-refractivity contribution is 9.11. The van der Waals surface area contributed by atoms with Crippen molar-refractivity contribution < 1.29 is 4.79 Å². The van der Waals surface area contributed by atoms with Gasteiger partial charge in [0.2, 0.25) is 0 Å². The van der Waals surface area contributed by atoms with E-state index in [0.29, 0.717) is 16.9 Å². The number of amides is 1. The normalized spacial score (nSPS) is 10.3. The van der Waals surface area contributed by atoms with Crippen LogP contribution in [0.3, 0.4) is 0 Å². The van der Waals surface area contributed by atoms with Gasteiger partial charge in [0, 0.05) is 14.6 Å². The summed E-state index contributed by atoms with van der Waals surface area (Å²) < 4.78 is 1.53. The molecule has 0 aliphatic heterocycles. The summed E-state index contributed by atoms with van der Waals surface area (Å²) in [7, 11) is 0. The second-order valence-corrected chi connectivity index (χ2v) is 5.89. The first kappa shape index (κ1) is 14.1. The highest BCUT2D eigenvalue weighted by atomic mass is 79.9. The Kier molecular flexibility index (Phi) is 4.27. The summed E-state index contributed by atoms with van der Waals surface area (Å²) in [6.45, 7) is 1.98. The van der Waals surface area contributed by atoms with E-state index in [1.54, 1.807) is 24.3 Å². The molecule has 0 aliphatic carbocycles. The van der Waals surface area contributed by atoms with Crippen LogP contribution in [0.25, 0.3) is 0 Å². The van der Waals surface area contributed by atoms with Crippen molar-refractivity contribution in [2.75, 3.05) is 11.1 Å². The number of halogens is 2. The van der Waals surface area contributed by atoms with Gasteiger partial charge in [-0.2, -0.15) is 0 Å². The lowest BCUT2D eigenvalue weighted by Gasteiger charge is -2.09. The topological polar surface area (TPSA) is 55.1 Å². The second kappa shape index (κ2) is 5.75. The highest BCUT2D eigenvalue weighted by Crippen LogP contribution is 2.26. The average Bonchev–Trinajstić information content (AvgIpc) is 2.32. The molecule has 0 heterocycles. The van der Waals surface area contributed by atoms with Gasteiger partial charge in [0.25, 0.3) is 5.91 Å². The smallest absolute Gasteiger partial charge is 0.256 e. The zero-order chi connectivity index (χ0) is 14.0. The molecule has 0 saturated carbocycles. The molecular weight excluding hydrogens is 372 g/mol. The fourth-order valence-electron chi connectivity index (χ4n) is 1.63. The van der Waals surface area contributed by atoms with Crippen LogP contribution in [-0.2, 0) is 0 Å². The summed E-state index contributed by atoms with van der Waals surface area (Å²) in [6.07, 6.45) is 0. The molecule has 2 aromatic rings. The SMILES string of the molecule is Cc1ccc(C(=O)Nc2ccc(N)cc2Br)c(Br)c1. The summed E-state index contributed by atoms with van der Waals surface area (Å²) in [5.41, 5.74) is 8.67. The van der Waals surface area contributed by atoms with Crippen molar-refractivity contribution in [3.05, 3.63) is 56.5 Å². The third-order valence-corrected chi connectivity index (χ3v) is 3.92. The molecule has 0 saturated heterocycles. The van der Waals surface area contributed by atoms with Crippen molar-refractivity contribution >= 4 is 49.1 Å². The quantitative estimate of drug-likeness (QED) is 0.757. The minimum atomic E-state index is -0.169. The lowest BCUT2D eigenvalue weighted by molar-refractivity contribution is 0.102. The van der Waals surface area contributed by atoms with Crippen molar-refractivity contribution in [1.29, 1.82) is 0 Å².